The van der Waals surface area contributed by atoms with Crippen LogP contribution in [-0.2, 0) is 9.59 Å². The summed E-state index contributed by atoms with van der Waals surface area (Å²) in [4.78, 5) is 26.1. The van der Waals surface area contributed by atoms with Crippen molar-refractivity contribution < 1.29 is 28.5 Å². The van der Waals surface area contributed by atoms with Crippen LogP contribution < -0.4 is 24.3 Å². The number of benzene rings is 2. The first-order chi connectivity index (χ1) is 16.0. The van der Waals surface area contributed by atoms with Crippen LogP contribution in [0.4, 0.5) is 0 Å². The lowest BCUT2D eigenvalue weighted by atomic mass is 9.73. The largest absolute Gasteiger partial charge is 0.497 e. The summed E-state index contributed by atoms with van der Waals surface area (Å²) in [6.45, 7) is 2.46. The number of Topliss-reactive ketones (excluding diaryl/α,β-unsaturated/α-hetero) is 1. The molecule has 2 aliphatic rings. The van der Waals surface area contributed by atoms with E-state index in [0.717, 1.165) is 11.1 Å². The van der Waals surface area contributed by atoms with Crippen LogP contribution in [0.15, 0.2) is 47.7 Å². The molecule has 1 N–H and O–H groups in total. The van der Waals surface area contributed by atoms with Gasteiger partial charge in [-0.15, -0.1) is 0 Å². The molecule has 1 aliphatic heterocycles. The molecule has 174 valence electrons. The molecular weight excluding hydrogens is 422 g/mol. The van der Waals surface area contributed by atoms with Crippen LogP contribution in [0.2, 0.25) is 0 Å². The molecule has 0 radical (unpaired) electrons. The van der Waals surface area contributed by atoms with Crippen LogP contribution in [-0.4, -0.2) is 39.6 Å². The maximum atomic E-state index is 13.4. The van der Waals surface area contributed by atoms with Gasteiger partial charge in [0.25, 0.3) is 0 Å². The van der Waals surface area contributed by atoms with E-state index in [-0.39, 0.29) is 29.9 Å². The Labute approximate surface area is 193 Å². The van der Waals surface area contributed by atoms with E-state index >= 15 is 0 Å². The normalized spacial score (nSPS) is 20.1. The van der Waals surface area contributed by atoms with E-state index in [0.29, 0.717) is 53.7 Å². The molecule has 1 amide bonds. The number of carbonyl (C=O) groups excluding carboxylic acids is 2. The molecule has 4 rings (SSSR count). The van der Waals surface area contributed by atoms with Crippen molar-refractivity contribution in [3.63, 3.8) is 0 Å². The summed E-state index contributed by atoms with van der Waals surface area (Å²) in [7, 11) is 4.76. The minimum atomic E-state index is -0.349. The molecule has 1 heterocycles. The van der Waals surface area contributed by atoms with Crippen molar-refractivity contribution in [2.75, 3.05) is 27.9 Å². The Balaban J connectivity index is 1.69. The second kappa shape index (κ2) is 9.57. The minimum absolute atomic E-state index is 0.0389. The summed E-state index contributed by atoms with van der Waals surface area (Å²) < 4.78 is 22.0. The average molecular weight is 452 g/mol. The summed E-state index contributed by atoms with van der Waals surface area (Å²) >= 11 is 0. The standard InChI is InChI=1S/C26H29NO6/c1-5-33-22-9-6-15(12-24(22)32-4)16-10-20-26(21(28)11-16)19(14-25(29)27-20)18-8-7-17(30-2)13-23(18)31-3/h6-9,12-13,16,19H,5,10-11,14H2,1-4H3,(H,27,29). The summed E-state index contributed by atoms with van der Waals surface area (Å²) in [6, 6.07) is 11.2. The molecular formula is C26H29NO6. The summed E-state index contributed by atoms with van der Waals surface area (Å²) in [5, 5.41) is 2.97. The summed E-state index contributed by atoms with van der Waals surface area (Å²) in [5.74, 6) is 2.09. The number of rotatable bonds is 7. The predicted molar refractivity (Wildman–Crippen MR) is 123 cm³/mol. The quantitative estimate of drug-likeness (QED) is 0.682. The van der Waals surface area contributed by atoms with E-state index in [4.69, 9.17) is 18.9 Å². The van der Waals surface area contributed by atoms with Gasteiger partial charge in [0.1, 0.15) is 11.5 Å². The third-order valence-corrected chi connectivity index (χ3v) is 6.31. The van der Waals surface area contributed by atoms with E-state index in [1.165, 1.54) is 0 Å². The number of ketones is 1. The highest BCUT2D eigenvalue weighted by Crippen LogP contribution is 2.46. The molecule has 2 unspecified atom stereocenters. The number of ether oxygens (including phenoxy) is 4. The molecule has 0 saturated heterocycles. The number of hydrogen-bond acceptors (Lipinski definition) is 6. The van der Waals surface area contributed by atoms with Crippen LogP contribution >= 0.6 is 0 Å². The molecule has 2 aromatic carbocycles. The first-order valence-electron chi connectivity index (χ1n) is 11.1. The van der Waals surface area contributed by atoms with Crippen molar-refractivity contribution in [3.05, 3.63) is 58.8 Å². The zero-order chi connectivity index (χ0) is 23.5. The summed E-state index contributed by atoms with van der Waals surface area (Å²) in [6.07, 6.45) is 1.13. The lowest BCUT2D eigenvalue weighted by Gasteiger charge is -2.35. The Morgan fingerprint density at radius 2 is 1.67 bits per heavy atom. The Morgan fingerprint density at radius 1 is 0.879 bits per heavy atom. The van der Waals surface area contributed by atoms with Crippen molar-refractivity contribution in [1.29, 1.82) is 0 Å². The van der Waals surface area contributed by atoms with Crippen LogP contribution in [0.25, 0.3) is 0 Å². The molecule has 0 bridgehead atoms. The molecule has 0 spiro atoms. The van der Waals surface area contributed by atoms with Gasteiger partial charge in [-0.05, 0) is 43.0 Å². The Hall–Kier alpha value is -3.48. The van der Waals surface area contributed by atoms with Crippen molar-refractivity contribution in [3.8, 4) is 23.0 Å². The first-order valence-corrected chi connectivity index (χ1v) is 11.1. The summed E-state index contributed by atoms with van der Waals surface area (Å²) in [5.41, 5.74) is 3.17. The van der Waals surface area contributed by atoms with Crippen molar-refractivity contribution in [2.24, 2.45) is 0 Å². The Kier molecular flexibility index (Phi) is 6.58. The van der Waals surface area contributed by atoms with Crippen LogP contribution in [0.1, 0.15) is 49.1 Å². The van der Waals surface area contributed by atoms with E-state index < -0.39 is 0 Å². The van der Waals surface area contributed by atoms with Crippen LogP contribution in [0.5, 0.6) is 23.0 Å². The number of methoxy groups -OCH3 is 3. The van der Waals surface area contributed by atoms with E-state index in [1.807, 2.05) is 37.3 Å². The van der Waals surface area contributed by atoms with Gasteiger partial charge in [-0.2, -0.15) is 0 Å². The molecule has 0 saturated carbocycles. The van der Waals surface area contributed by atoms with Crippen LogP contribution in [0, 0.1) is 0 Å². The monoisotopic (exact) mass is 451 g/mol. The van der Waals surface area contributed by atoms with Gasteiger partial charge < -0.3 is 24.3 Å². The van der Waals surface area contributed by atoms with Gasteiger partial charge >= 0.3 is 0 Å². The molecule has 2 atom stereocenters. The van der Waals surface area contributed by atoms with Gasteiger partial charge in [-0.1, -0.05) is 12.1 Å². The molecule has 7 nitrogen and oxygen atoms in total. The number of carbonyl (C=O) groups is 2. The third-order valence-electron chi connectivity index (χ3n) is 6.31. The SMILES string of the molecule is CCOc1ccc(C2CC(=O)C3=C(C2)NC(=O)CC3c2ccc(OC)cc2OC)cc1OC. The Morgan fingerprint density at radius 3 is 2.36 bits per heavy atom. The van der Waals surface area contributed by atoms with E-state index in [1.54, 1.807) is 27.4 Å². The highest BCUT2D eigenvalue weighted by molar-refractivity contribution is 6.02. The molecule has 0 aromatic heterocycles. The van der Waals surface area contributed by atoms with E-state index in [9.17, 15) is 9.59 Å². The fourth-order valence-corrected chi connectivity index (χ4v) is 4.78. The first kappa shape index (κ1) is 22.7. The predicted octanol–water partition coefficient (Wildman–Crippen LogP) is 4.12. The lowest BCUT2D eigenvalue weighted by molar-refractivity contribution is -0.122. The van der Waals surface area contributed by atoms with Gasteiger partial charge in [-0.25, -0.2) is 0 Å². The zero-order valence-corrected chi connectivity index (χ0v) is 19.4. The van der Waals surface area contributed by atoms with Gasteiger partial charge in [-0.3, -0.25) is 9.59 Å². The Bertz CT molecular complexity index is 1110. The molecule has 7 heteroatoms. The molecule has 2 aromatic rings. The number of amides is 1. The highest BCUT2D eigenvalue weighted by Gasteiger charge is 2.39. The highest BCUT2D eigenvalue weighted by atomic mass is 16.5. The van der Waals surface area contributed by atoms with E-state index in [2.05, 4.69) is 5.32 Å². The molecule has 33 heavy (non-hydrogen) atoms. The minimum Gasteiger partial charge on any atom is -0.497 e. The number of hydrogen-bond donors (Lipinski definition) is 1. The van der Waals surface area contributed by atoms with Gasteiger partial charge in [0.15, 0.2) is 17.3 Å². The maximum absolute atomic E-state index is 13.4. The molecule has 0 fully saturated rings. The van der Waals surface area contributed by atoms with Gasteiger partial charge in [0.05, 0.1) is 27.9 Å². The van der Waals surface area contributed by atoms with Crippen molar-refractivity contribution in [1.82, 2.24) is 5.32 Å². The smallest absolute Gasteiger partial charge is 0.225 e. The second-order valence-corrected chi connectivity index (χ2v) is 8.18. The zero-order valence-electron chi connectivity index (χ0n) is 19.4. The van der Waals surface area contributed by atoms with Crippen LogP contribution in [0.3, 0.4) is 0 Å². The number of nitrogens with one attached hydrogen (secondary N) is 1. The second-order valence-electron chi connectivity index (χ2n) is 8.18. The van der Waals surface area contributed by atoms with Crippen molar-refractivity contribution >= 4 is 11.7 Å². The van der Waals surface area contributed by atoms with Gasteiger partial charge in [0.2, 0.25) is 5.91 Å². The lowest BCUT2D eigenvalue weighted by Crippen LogP contribution is -2.38. The fraction of sp³-hybridized carbons (Fsp3) is 0.385. The fourth-order valence-electron chi connectivity index (χ4n) is 4.78. The topological polar surface area (TPSA) is 83.1 Å². The van der Waals surface area contributed by atoms with Crippen molar-refractivity contribution in [2.45, 2.75) is 38.0 Å². The van der Waals surface area contributed by atoms with Gasteiger partial charge in [0, 0.05) is 41.7 Å². The third kappa shape index (κ3) is 4.40. The maximum Gasteiger partial charge on any atom is 0.225 e. The molecule has 1 aliphatic carbocycles. The average Bonchev–Trinajstić information content (AvgIpc) is 2.83. The number of allylic oxidation sites excluding steroid dienone is 2.